The fraction of sp³-hybridized carbons (Fsp3) is 0.588. The van der Waals surface area contributed by atoms with Crippen molar-refractivity contribution in [2.45, 2.75) is 32.1 Å². The van der Waals surface area contributed by atoms with E-state index in [1.165, 1.54) is 0 Å². The summed E-state index contributed by atoms with van der Waals surface area (Å²) in [7, 11) is 0. The lowest BCUT2D eigenvalue weighted by Crippen LogP contribution is -2.43. The fourth-order valence-corrected chi connectivity index (χ4v) is 3.52. The van der Waals surface area contributed by atoms with Gasteiger partial charge in [-0.2, -0.15) is 0 Å². The molecule has 5 heteroatoms. The number of fused-ring (bicyclic) bond motifs is 1. The van der Waals surface area contributed by atoms with Crippen LogP contribution < -0.4 is 10.6 Å². The number of carbonyl (C=O) groups excluding carboxylic acids is 1. The summed E-state index contributed by atoms with van der Waals surface area (Å²) < 4.78 is 0. The molecule has 0 bridgehead atoms. The van der Waals surface area contributed by atoms with E-state index >= 15 is 0 Å². The smallest absolute Gasteiger partial charge is 0.234 e. The summed E-state index contributed by atoms with van der Waals surface area (Å²) in [5.74, 6) is 0.0523. The van der Waals surface area contributed by atoms with Crippen molar-refractivity contribution in [3.8, 4) is 0 Å². The SMILES string of the molecule is CC1(C)C(=O)Nc2cc(Cl)c(CCCN3CCNCC3)cc21. The minimum atomic E-state index is -0.465. The zero-order chi connectivity index (χ0) is 15.7. The number of aryl methyl sites for hydroxylation is 1. The van der Waals surface area contributed by atoms with Crippen molar-refractivity contribution < 1.29 is 4.79 Å². The molecule has 0 unspecified atom stereocenters. The van der Waals surface area contributed by atoms with E-state index < -0.39 is 5.41 Å². The van der Waals surface area contributed by atoms with Crippen molar-refractivity contribution in [2.24, 2.45) is 0 Å². The number of hydrogen-bond acceptors (Lipinski definition) is 3. The molecule has 1 saturated heterocycles. The molecule has 3 rings (SSSR count). The molecular formula is C17H24ClN3O. The van der Waals surface area contributed by atoms with Crippen LogP contribution in [0.15, 0.2) is 12.1 Å². The van der Waals surface area contributed by atoms with Crippen molar-refractivity contribution in [1.29, 1.82) is 0 Å². The first-order valence-electron chi connectivity index (χ1n) is 8.06. The largest absolute Gasteiger partial charge is 0.325 e. The number of halogens is 1. The Morgan fingerprint density at radius 1 is 1.27 bits per heavy atom. The molecule has 0 saturated carbocycles. The number of benzene rings is 1. The maximum Gasteiger partial charge on any atom is 0.234 e. The Morgan fingerprint density at radius 2 is 2.00 bits per heavy atom. The first-order valence-corrected chi connectivity index (χ1v) is 8.44. The third kappa shape index (κ3) is 3.00. The summed E-state index contributed by atoms with van der Waals surface area (Å²) in [5.41, 5.74) is 2.62. The molecule has 0 aliphatic carbocycles. The minimum absolute atomic E-state index is 0.0523. The Kier molecular flexibility index (Phi) is 4.44. The standard InChI is InChI=1S/C17H24ClN3O/c1-17(2)13-10-12(14(18)11-15(13)20-16(17)22)4-3-7-21-8-5-19-6-9-21/h10-11,19H,3-9H2,1-2H3,(H,20,22). The zero-order valence-corrected chi connectivity index (χ0v) is 14.1. The van der Waals surface area contributed by atoms with Crippen LogP contribution in [0.3, 0.4) is 0 Å². The summed E-state index contributed by atoms with van der Waals surface area (Å²) in [6, 6.07) is 4.02. The monoisotopic (exact) mass is 321 g/mol. The lowest BCUT2D eigenvalue weighted by Gasteiger charge is -2.27. The first-order chi connectivity index (χ1) is 10.5. The molecule has 1 aromatic carbocycles. The van der Waals surface area contributed by atoms with E-state index in [0.29, 0.717) is 0 Å². The molecule has 2 N–H and O–H groups in total. The van der Waals surface area contributed by atoms with Crippen LogP contribution in [0.1, 0.15) is 31.4 Å². The molecule has 0 radical (unpaired) electrons. The Balaban J connectivity index is 1.67. The number of anilines is 1. The zero-order valence-electron chi connectivity index (χ0n) is 13.3. The van der Waals surface area contributed by atoms with Gasteiger partial charge in [-0.15, -0.1) is 0 Å². The van der Waals surface area contributed by atoms with Gasteiger partial charge in [0.25, 0.3) is 0 Å². The van der Waals surface area contributed by atoms with Crippen molar-refractivity contribution >= 4 is 23.2 Å². The lowest BCUT2D eigenvalue weighted by atomic mass is 9.85. The molecule has 1 amide bonds. The molecule has 120 valence electrons. The maximum atomic E-state index is 12.0. The second kappa shape index (κ2) is 6.19. The highest BCUT2D eigenvalue weighted by Gasteiger charge is 2.38. The molecule has 2 aliphatic rings. The van der Waals surface area contributed by atoms with Gasteiger partial charge in [0.15, 0.2) is 0 Å². The van der Waals surface area contributed by atoms with Crippen LogP contribution in [0.5, 0.6) is 0 Å². The molecule has 22 heavy (non-hydrogen) atoms. The predicted octanol–water partition coefficient (Wildman–Crippen LogP) is 2.41. The van der Waals surface area contributed by atoms with Crippen molar-refractivity contribution in [1.82, 2.24) is 10.2 Å². The van der Waals surface area contributed by atoms with Crippen LogP contribution in [0.25, 0.3) is 0 Å². The van der Waals surface area contributed by atoms with Crippen LogP contribution in [0, 0.1) is 0 Å². The van der Waals surface area contributed by atoms with Gasteiger partial charge < -0.3 is 15.5 Å². The molecule has 4 nitrogen and oxygen atoms in total. The number of nitrogens with one attached hydrogen (secondary N) is 2. The van der Waals surface area contributed by atoms with E-state index in [9.17, 15) is 4.79 Å². The van der Waals surface area contributed by atoms with E-state index in [-0.39, 0.29) is 5.91 Å². The van der Waals surface area contributed by atoms with Gasteiger partial charge >= 0.3 is 0 Å². The fourth-order valence-electron chi connectivity index (χ4n) is 3.26. The first kappa shape index (κ1) is 15.8. The quantitative estimate of drug-likeness (QED) is 0.895. The highest BCUT2D eigenvalue weighted by atomic mass is 35.5. The number of hydrogen-bond donors (Lipinski definition) is 2. The maximum absolute atomic E-state index is 12.0. The van der Waals surface area contributed by atoms with Gasteiger partial charge in [-0.25, -0.2) is 0 Å². The summed E-state index contributed by atoms with van der Waals surface area (Å²) in [4.78, 5) is 14.5. The van der Waals surface area contributed by atoms with Crippen LogP contribution in [-0.2, 0) is 16.6 Å². The van der Waals surface area contributed by atoms with E-state index in [0.717, 1.165) is 67.4 Å². The van der Waals surface area contributed by atoms with E-state index in [2.05, 4.69) is 21.6 Å². The number of carbonyl (C=O) groups is 1. The molecule has 2 aliphatic heterocycles. The Labute approximate surface area is 137 Å². The molecule has 0 spiro atoms. The van der Waals surface area contributed by atoms with E-state index in [1.807, 2.05) is 19.9 Å². The molecule has 2 heterocycles. The summed E-state index contributed by atoms with van der Waals surface area (Å²) >= 11 is 6.40. The molecule has 1 fully saturated rings. The topological polar surface area (TPSA) is 44.4 Å². The minimum Gasteiger partial charge on any atom is -0.325 e. The third-order valence-electron chi connectivity index (χ3n) is 4.81. The average molecular weight is 322 g/mol. The molecule has 1 aromatic rings. The normalized spacial score (nSPS) is 20.8. The Bertz CT molecular complexity index is 580. The lowest BCUT2D eigenvalue weighted by molar-refractivity contribution is -0.119. The van der Waals surface area contributed by atoms with Crippen molar-refractivity contribution in [3.05, 3.63) is 28.3 Å². The van der Waals surface area contributed by atoms with Crippen LogP contribution in [-0.4, -0.2) is 43.5 Å². The van der Waals surface area contributed by atoms with E-state index in [1.54, 1.807) is 0 Å². The second-order valence-electron chi connectivity index (χ2n) is 6.76. The Morgan fingerprint density at radius 3 is 2.73 bits per heavy atom. The van der Waals surface area contributed by atoms with Gasteiger partial charge in [-0.1, -0.05) is 17.7 Å². The van der Waals surface area contributed by atoms with Crippen molar-refractivity contribution in [3.63, 3.8) is 0 Å². The predicted molar refractivity (Wildman–Crippen MR) is 90.7 cm³/mol. The average Bonchev–Trinajstić information content (AvgIpc) is 2.70. The summed E-state index contributed by atoms with van der Waals surface area (Å²) in [5, 5.41) is 7.06. The van der Waals surface area contributed by atoms with E-state index in [4.69, 9.17) is 11.6 Å². The second-order valence-corrected chi connectivity index (χ2v) is 7.17. The van der Waals surface area contributed by atoms with Gasteiger partial charge in [-0.3, -0.25) is 4.79 Å². The summed E-state index contributed by atoms with van der Waals surface area (Å²) in [6.07, 6.45) is 2.06. The van der Waals surface area contributed by atoms with Gasteiger partial charge in [0.1, 0.15) is 0 Å². The summed E-state index contributed by atoms with van der Waals surface area (Å²) in [6.45, 7) is 9.46. The number of piperazine rings is 1. The molecular weight excluding hydrogens is 298 g/mol. The van der Waals surface area contributed by atoms with Gasteiger partial charge in [-0.05, 0) is 50.4 Å². The van der Waals surface area contributed by atoms with Gasteiger partial charge in [0.05, 0.1) is 5.41 Å². The molecule has 0 aromatic heterocycles. The Hall–Kier alpha value is -1.10. The van der Waals surface area contributed by atoms with Gasteiger partial charge in [0.2, 0.25) is 5.91 Å². The van der Waals surface area contributed by atoms with Crippen LogP contribution in [0.2, 0.25) is 5.02 Å². The highest BCUT2D eigenvalue weighted by Crippen LogP contribution is 2.40. The van der Waals surface area contributed by atoms with Crippen LogP contribution in [0.4, 0.5) is 5.69 Å². The molecule has 0 atom stereocenters. The van der Waals surface area contributed by atoms with Crippen molar-refractivity contribution in [2.75, 3.05) is 38.0 Å². The number of amides is 1. The van der Waals surface area contributed by atoms with Crippen LogP contribution >= 0.6 is 11.6 Å². The number of nitrogens with zero attached hydrogens (tertiary/aromatic N) is 1. The number of rotatable bonds is 4. The van der Waals surface area contributed by atoms with Gasteiger partial charge in [0, 0.05) is 36.9 Å². The highest BCUT2D eigenvalue weighted by molar-refractivity contribution is 6.32. The third-order valence-corrected chi connectivity index (χ3v) is 5.16.